The molecule has 0 atom stereocenters. The average Bonchev–Trinajstić information content (AvgIpc) is 2.73. The first-order valence-electron chi connectivity index (χ1n) is 4.18. The lowest BCUT2D eigenvalue weighted by Crippen LogP contribution is -1.95. The highest BCUT2D eigenvalue weighted by atomic mass is 35.5. The van der Waals surface area contributed by atoms with E-state index in [0.29, 0.717) is 16.5 Å². The first-order chi connectivity index (χ1) is 7.27. The molecule has 0 aliphatic rings. The number of nitrogen functional groups attached to an aromatic ring is 1. The summed E-state index contributed by atoms with van der Waals surface area (Å²) in [6.45, 7) is 0. The second kappa shape index (κ2) is 4.55. The maximum Gasteiger partial charge on any atom is 0.156 e. The molecular formula is C9H8ClN3OS. The molecule has 2 aromatic heterocycles. The third kappa shape index (κ3) is 2.43. The van der Waals surface area contributed by atoms with Crippen LogP contribution in [-0.2, 0) is 5.75 Å². The molecule has 78 valence electrons. The topological polar surface area (TPSA) is 64.9 Å². The minimum Gasteiger partial charge on any atom is -0.468 e. The number of furan rings is 1. The minimum absolute atomic E-state index is 0.284. The number of hydrogen-bond donors (Lipinski definition) is 1. The fourth-order valence-electron chi connectivity index (χ4n) is 1.01. The minimum atomic E-state index is 0.284. The van der Waals surface area contributed by atoms with Crippen LogP contribution < -0.4 is 5.73 Å². The van der Waals surface area contributed by atoms with Gasteiger partial charge in [0, 0.05) is 0 Å². The van der Waals surface area contributed by atoms with Gasteiger partial charge in [-0.2, -0.15) is 0 Å². The molecule has 0 bridgehead atoms. The van der Waals surface area contributed by atoms with Gasteiger partial charge >= 0.3 is 0 Å². The van der Waals surface area contributed by atoms with Crippen LogP contribution in [0.3, 0.4) is 0 Å². The highest BCUT2D eigenvalue weighted by molar-refractivity contribution is 7.98. The van der Waals surface area contributed by atoms with Gasteiger partial charge in [-0.25, -0.2) is 9.97 Å². The van der Waals surface area contributed by atoms with Gasteiger partial charge < -0.3 is 10.2 Å². The van der Waals surface area contributed by atoms with E-state index in [2.05, 4.69) is 9.97 Å². The lowest BCUT2D eigenvalue weighted by Gasteiger charge is -2.02. The normalized spacial score (nSPS) is 10.5. The Hall–Kier alpha value is -1.20. The first-order valence-corrected chi connectivity index (χ1v) is 5.55. The van der Waals surface area contributed by atoms with Crippen molar-refractivity contribution in [3.05, 3.63) is 35.6 Å². The van der Waals surface area contributed by atoms with Crippen LogP contribution in [0.15, 0.2) is 34.2 Å². The summed E-state index contributed by atoms with van der Waals surface area (Å²) in [6, 6.07) is 3.73. The standard InChI is InChI=1S/C9H8ClN3OS/c10-8-7(11)9(13-5-12-8)15-4-6-2-1-3-14-6/h1-3,5H,4,11H2. The second-order valence-corrected chi connectivity index (χ2v) is 4.07. The molecule has 0 fully saturated rings. The monoisotopic (exact) mass is 241 g/mol. The molecule has 0 spiro atoms. The van der Waals surface area contributed by atoms with Gasteiger partial charge in [0.15, 0.2) is 5.15 Å². The van der Waals surface area contributed by atoms with Crippen molar-refractivity contribution >= 4 is 29.1 Å². The molecule has 0 amide bonds. The van der Waals surface area contributed by atoms with Crippen molar-refractivity contribution in [1.82, 2.24) is 9.97 Å². The first kappa shape index (κ1) is 10.3. The molecule has 2 heterocycles. The predicted octanol–water partition coefficient (Wildman–Crippen LogP) is 2.60. The third-order valence-electron chi connectivity index (χ3n) is 1.73. The fraction of sp³-hybridized carbons (Fsp3) is 0.111. The third-order valence-corrected chi connectivity index (χ3v) is 3.06. The average molecular weight is 242 g/mol. The molecule has 0 aliphatic heterocycles. The highest BCUT2D eigenvalue weighted by Crippen LogP contribution is 2.29. The predicted molar refractivity (Wildman–Crippen MR) is 59.7 cm³/mol. The number of aromatic nitrogens is 2. The summed E-state index contributed by atoms with van der Waals surface area (Å²) in [4.78, 5) is 7.82. The van der Waals surface area contributed by atoms with Crippen LogP contribution in [0.4, 0.5) is 5.69 Å². The van der Waals surface area contributed by atoms with E-state index in [0.717, 1.165) is 5.76 Å². The van der Waals surface area contributed by atoms with E-state index in [1.165, 1.54) is 18.1 Å². The van der Waals surface area contributed by atoms with Gasteiger partial charge in [0.1, 0.15) is 22.8 Å². The number of rotatable bonds is 3. The molecule has 0 aliphatic carbocycles. The van der Waals surface area contributed by atoms with Crippen LogP contribution >= 0.6 is 23.4 Å². The van der Waals surface area contributed by atoms with Gasteiger partial charge in [0.2, 0.25) is 0 Å². The van der Waals surface area contributed by atoms with Crippen molar-refractivity contribution in [2.24, 2.45) is 0 Å². The van der Waals surface area contributed by atoms with E-state index < -0.39 is 0 Å². The summed E-state index contributed by atoms with van der Waals surface area (Å²) in [5.41, 5.74) is 6.13. The van der Waals surface area contributed by atoms with Crippen LogP contribution in [0.25, 0.3) is 0 Å². The lowest BCUT2D eigenvalue weighted by molar-refractivity contribution is 0.530. The zero-order chi connectivity index (χ0) is 10.7. The molecule has 0 saturated carbocycles. The van der Waals surface area contributed by atoms with Gasteiger partial charge in [-0.1, -0.05) is 23.4 Å². The number of thioether (sulfide) groups is 1. The van der Waals surface area contributed by atoms with Crippen LogP contribution in [0.1, 0.15) is 5.76 Å². The Morgan fingerprint density at radius 1 is 1.47 bits per heavy atom. The summed E-state index contributed by atoms with van der Waals surface area (Å²) in [7, 11) is 0. The molecular weight excluding hydrogens is 234 g/mol. The maximum atomic E-state index is 5.76. The molecule has 6 heteroatoms. The van der Waals surface area contributed by atoms with Crippen molar-refractivity contribution in [1.29, 1.82) is 0 Å². The van der Waals surface area contributed by atoms with Crippen molar-refractivity contribution in [3.63, 3.8) is 0 Å². The van der Waals surface area contributed by atoms with E-state index in [1.807, 2.05) is 12.1 Å². The summed E-state index contributed by atoms with van der Waals surface area (Å²) >= 11 is 7.23. The molecule has 0 unspecified atom stereocenters. The molecule has 2 rings (SSSR count). The Balaban J connectivity index is 2.08. The van der Waals surface area contributed by atoms with Crippen LogP contribution in [0.5, 0.6) is 0 Å². The SMILES string of the molecule is Nc1c(Cl)ncnc1SCc1ccco1. The number of nitrogens with zero attached hydrogens (tertiary/aromatic N) is 2. The second-order valence-electron chi connectivity index (χ2n) is 2.75. The van der Waals surface area contributed by atoms with Gasteiger partial charge in [0.05, 0.1) is 12.0 Å². The number of hydrogen-bond acceptors (Lipinski definition) is 5. The Morgan fingerprint density at radius 2 is 2.33 bits per heavy atom. The van der Waals surface area contributed by atoms with Gasteiger partial charge in [-0.3, -0.25) is 0 Å². The molecule has 4 nitrogen and oxygen atoms in total. The summed E-state index contributed by atoms with van der Waals surface area (Å²) in [5.74, 6) is 1.54. The molecule has 0 aromatic carbocycles. The summed E-state index contributed by atoms with van der Waals surface area (Å²) < 4.78 is 5.19. The van der Waals surface area contributed by atoms with E-state index >= 15 is 0 Å². The van der Waals surface area contributed by atoms with Gasteiger partial charge in [-0.15, -0.1) is 0 Å². The molecule has 15 heavy (non-hydrogen) atoms. The zero-order valence-corrected chi connectivity index (χ0v) is 9.26. The van der Waals surface area contributed by atoms with Crippen LogP contribution in [0, 0.1) is 0 Å². The molecule has 2 aromatic rings. The quantitative estimate of drug-likeness (QED) is 0.661. The summed E-state index contributed by atoms with van der Waals surface area (Å²) in [5, 5.41) is 0.957. The van der Waals surface area contributed by atoms with Crippen LogP contribution in [-0.4, -0.2) is 9.97 Å². The molecule has 0 saturated heterocycles. The van der Waals surface area contributed by atoms with Crippen molar-refractivity contribution in [3.8, 4) is 0 Å². The molecule has 2 N–H and O–H groups in total. The van der Waals surface area contributed by atoms with Crippen molar-refractivity contribution < 1.29 is 4.42 Å². The zero-order valence-electron chi connectivity index (χ0n) is 7.68. The lowest BCUT2D eigenvalue weighted by atomic mass is 10.5. The Labute approximate surface area is 95.9 Å². The van der Waals surface area contributed by atoms with Gasteiger partial charge in [-0.05, 0) is 12.1 Å². The smallest absolute Gasteiger partial charge is 0.156 e. The number of halogens is 1. The number of nitrogens with two attached hydrogens (primary N) is 1. The fourth-order valence-corrected chi connectivity index (χ4v) is 2.01. The summed E-state index contributed by atoms with van der Waals surface area (Å²) in [6.07, 6.45) is 3.02. The Bertz CT molecular complexity index is 447. The van der Waals surface area contributed by atoms with Crippen molar-refractivity contribution in [2.75, 3.05) is 5.73 Å². The Kier molecular flexibility index (Phi) is 3.13. The van der Waals surface area contributed by atoms with E-state index in [1.54, 1.807) is 6.26 Å². The largest absolute Gasteiger partial charge is 0.468 e. The van der Waals surface area contributed by atoms with Gasteiger partial charge in [0.25, 0.3) is 0 Å². The van der Waals surface area contributed by atoms with E-state index in [4.69, 9.17) is 21.8 Å². The van der Waals surface area contributed by atoms with Crippen LogP contribution in [0.2, 0.25) is 5.15 Å². The van der Waals surface area contributed by atoms with E-state index in [-0.39, 0.29) is 5.15 Å². The Morgan fingerprint density at radius 3 is 3.07 bits per heavy atom. The van der Waals surface area contributed by atoms with E-state index in [9.17, 15) is 0 Å². The van der Waals surface area contributed by atoms with Crippen molar-refractivity contribution in [2.45, 2.75) is 10.8 Å². The highest BCUT2D eigenvalue weighted by Gasteiger charge is 2.07. The number of anilines is 1. The maximum absolute atomic E-state index is 5.76. The molecule has 0 radical (unpaired) electrons.